The van der Waals surface area contributed by atoms with Gasteiger partial charge in [0.2, 0.25) is 11.9 Å². The number of nitrogens with one attached hydrogen (secondary N) is 2. The van der Waals surface area contributed by atoms with Gasteiger partial charge < -0.3 is 15.8 Å². The predicted molar refractivity (Wildman–Crippen MR) is 149 cm³/mol. The van der Waals surface area contributed by atoms with Crippen molar-refractivity contribution in [3.05, 3.63) is 102 Å². The van der Waals surface area contributed by atoms with E-state index in [0.29, 0.717) is 21.8 Å². The molecule has 1 saturated heterocycles. The van der Waals surface area contributed by atoms with Crippen molar-refractivity contribution in [2.24, 2.45) is 0 Å². The van der Waals surface area contributed by atoms with Gasteiger partial charge in [-0.3, -0.25) is 25.0 Å². The Labute approximate surface area is 243 Å². The molecular weight excluding hydrogens is 578 g/mol. The van der Waals surface area contributed by atoms with E-state index < -0.39 is 58.4 Å². The van der Waals surface area contributed by atoms with Gasteiger partial charge in [-0.25, -0.2) is 9.18 Å². The second-order valence-corrected chi connectivity index (χ2v) is 10.8. The summed E-state index contributed by atoms with van der Waals surface area (Å²) in [6, 6.07) is 8.45. The van der Waals surface area contributed by atoms with Crippen LogP contribution in [0.25, 0.3) is 0 Å². The summed E-state index contributed by atoms with van der Waals surface area (Å²) in [7, 11) is 1.21. The SMILES string of the molecule is COC(=O)c1ccc(C(=O)C[C@@H]2N[C@@]3(C(=O)Nc4cc(Cl)ccc43)[C@@H](c3cccc(Cl)c3F)C2[N+](=O)[O-])c(N)c1C. The molecule has 2 aliphatic heterocycles. The van der Waals surface area contributed by atoms with E-state index in [1.807, 2.05) is 0 Å². The molecule has 0 aliphatic carbocycles. The average molecular weight is 601 g/mol. The Morgan fingerprint density at radius 2 is 1.88 bits per heavy atom. The zero-order chi connectivity index (χ0) is 29.8. The summed E-state index contributed by atoms with van der Waals surface area (Å²) < 4.78 is 20.3. The maximum atomic E-state index is 15.5. The Morgan fingerprint density at radius 3 is 2.56 bits per heavy atom. The van der Waals surface area contributed by atoms with Crippen molar-refractivity contribution in [3.8, 4) is 0 Å². The lowest BCUT2D eigenvalue weighted by atomic mass is 9.74. The van der Waals surface area contributed by atoms with Gasteiger partial charge in [-0.2, -0.15) is 0 Å². The molecule has 2 aliphatic rings. The molecule has 0 aromatic heterocycles. The van der Waals surface area contributed by atoms with Gasteiger partial charge in [0.25, 0.3) is 0 Å². The molecule has 3 aromatic rings. The van der Waals surface area contributed by atoms with Crippen LogP contribution in [0.15, 0.2) is 48.5 Å². The zero-order valence-corrected chi connectivity index (χ0v) is 23.2. The summed E-state index contributed by atoms with van der Waals surface area (Å²) in [5.74, 6) is -4.20. The molecule has 41 heavy (non-hydrogen) atoms. The lowest BCUT2D eigenvalue weighted by Crippen LogP contribution is -2.49. The molecule has 1 unspecified atom stereocenters. The van der Waals surface area contributed by atoms with Crippen LogP contribution in [0.1, 0.15) is 49.7 Å². The maximum absolute atomic E-state index is 15.5. The number of esters is 1. The van der Waals surface area contributed by atoms with Crippen LogP contribution in [0.3, 0.4) is 0 Å². The minimum Gasteiger partial charge on any atom is -0.465 e. The molecule has 0 radical (unpaired) electrons. The average Bonchev–Trinajstić information content (AvgIpc) is 3.40. The third-order valence-electron chi connectivity index (χ3n) is 7.83. The van der Waals surface area contributed by atoms with E-state index in [0.717, 1.165) is 0 Å². The first-order valence-corrected chi connectivity index (χ1v) is 13.1. The number of rotatable bonds is 6. The van der Waals surface area contributed by atoms with Gasteiger partial charge in [0.05, 0.1) is 29.7 Å². The van der Waals surface area contributed by atoms with Crippen LogP contribution in [0, 0.1) is 22.9 Å². The number of ether oxygens (including phenoxy) is 1. The number of Topliss-reactive ketones (excluding diaryl/α,β-unsaturated/α-hetero) is 1. The Hall–Kier alpha value is -4.06. The van der Waals surface area contributed by atoms with Gasteiger partial charge in [-0.15, -0.1) is 0 Å². The van der Waals surface area contributed by atoms with Crippen LogP contribution >= 0.6 is 23.2 Å². The number of benzene rings is 3. The third kappa shape index (κ3) is 4.41. The highest BCUT2D eigenvalue weighted by molar-refractivity contribution is 6.31. The van der Waals surface area contributed by atoms with E-state index in [2.05, 4.69) is 10.6 Å². The molecule has 13 heteroatoms. The van der Waals surface area contributed by atoms with E-state index >= 15 is 4.39 Å². The van der Waals surface area contributed by atoms with Gasteiger partial charge in [-0.05, 0) is 42.8 Å². The number of anilines is 2. The van der Waals surface area contributed by atoms with Gasteiger partial charge in [0, 0.05) is 44.4 Å². The van der Waals surface area contributed by atoms with Crippen molar-refractivity contribution in [1.29, 1.82) is 0 Å². The summed E-state index contributed by atoms with van der Waals surface area (Å²) >= 11 is 12.2. The van der Waals surface area contributed by atoms with Gasteiger partial charge in [0.1, 0.15) is 11.4 Å². The number of nitrogens with zero attached hydrogens (tertiary/aromatic N) is 1. The van der Waals surface area contributed by atoms with Gasteiger partial charge in [-0.1, -0.05) is 41.4 Å². The highest BCUT2D eigenvalue weighted by Crippen LogP contribution is 2.54. The number of hydrogen-bond donors (Lipinski definition) is 3. The van der Waals surface area contributed by atoms with Crippen LogP contribution in [0.2, 0.25) is 10.0 Å². The Morgan fingerprint density at radius 1 is 1.17 bits per heavy atom. The number of hydrogen-bond acceptors (Lipinski definition) is 8. The van der Waals surface area contributed by atoms with E-state index in [4.69, 9.17) is 33.7 Å². The number of nitrogens with two attached hydrogens (primary N) is 1. The number of methoxy groups -OCH3 is 1. The van der Waals surface area contributed by atoms with Crippen molar-refractivity contribution in [1.82, 2.24) is 5.32 Å². The third-order valence-corrected chi connectivity index (χ3v) is 8.36. The summed E-state index contributed by atoms with van der Waals surface area (Å²) in [5.41, 5.74) is 5.35. The monoisotopic (exact) mass is 600 g/mol. The van der Waals surface area contributed by atoms with E-state index in [1.54, 1.807) is 6.92 Å². The molecule has 10 nitrogen and oxygen atoms in total. The van der Waals surface area contributed by atoms with Crippen molar-refractivity contribution in [2.75, 3.05) is 18.2 Å². The topological polar surface area (TPSA) is 154 Å². The molecule has 5 rings (SSSR count). The normalized spacial score (nSPS) is 22.9. The van der Waals surface area contributed by atoms with Crippen molar-refractivity contribution >= 4 is 52.2 Å². The molecule has 4 N–H and O–H groups in total. The molecule has 0 saturated carbocycles. The molecular formula is C28H23Cl2FN4O6. The highest BCUT2D eigenvalue weighted by Gasteiger charge is 2.67. The van der Waals surface area contributed by atoms with Gasteiger partial charge in [0.15, 0.2) is 5.78 Å². The molecule has 4 atom stereocenters. The largest absolute Gasteiger partial charge is 0.465 e. The van der Waals surface area contributed by atoms with Gasteiger partial charge >= 0.3 is 5.97 Å². The summed E-state index contributed by atoms with van der Waals surface area (Å²) in [5, 5.41) is 18.4. The number of nitrogen functional groups attached to an aromatic ring is 1. The Kier molecular flexibility index (Phi) is 7.22. The second-order valence-electron chi connectivity index (χ2n) is 9.92. The first kappa shape index (κ1) is 28.5. The quantitative estimate of drug-likeness (QED) is 0.122. The van der Waals surface area contributed by atoms with Crippen LogP contribution in [0.4, 0.5) is 15.8 Å². The fraction of sp³-hybridized carbons (Fsp3) is 0.250. The standard InChI is InChI=1S/C28H23Cl2FN4O6/c1-12-14(26(37)41-2)7-8-15(24(12)32)21(36)11-20-25(35(39)40)22(16-4-3-5-18(30)23(16)31)28(34-20)17-9-6-13(29)10-19(17)33-27(28)38/h3-10,20,22,25,34H,11,32H2,1-2H3,(H,33,38)/t20-,22-,25?,28+/m0/s1. The van der Waals surface area contributed by atoms with E-state index in [9.17, 15) is 24.5 Å². The first-order chi connectivity index (χ1) is 19.4. The molecule has 0 bridgehead atoms. The van der Waals surface area contributed by atoms with E-state index in [1.165, 1.54) is 55.6 Å². The predicted octanol–water partition coefficient (Wildman–Crippen LogP) is 4.63. The van der Waals surface area contributed by atoms with Crippen LogP contribution < -0.4 is 16.4 Å². The lowest BCUT2D eigenvalue weighted by molar-refractivity contribution is -0.526. The van der Waals surface area contributed by atoms with Crippen molar-refractivity contribution in [3.63, 3.8) is 0 Å². The summed E-state index contributed by atoms with van der Waals surface area (Å²) in [6.07, 6.45) is -0.469. The Balaban J connectivity index is 1.64. The number of halogens is 3. The lowest BCUT2D eigenvalue weighted by Gasteiger charge is -2.30. The number of fused-ring (bicyclic) bond motifs is 2. The maximum Gasteiger partial charge on any atom is 0.338 e. The fourth-order valence-electron chi connectivity index (χ4n) is 5.95. The molecule has 1 spiro atoms. The Bertz CT molecular complexity index is 1650. The summed E-state index contributed by atoms with van der Waals surface area (Å²) in [4.78, 5) is 51.4. The van der Waals surface area contributed by atoms with Crippen LogP contribution in [0.5, 0.6) is 0 Å². The molecule has 1 amide bonds. The number of nitro groups is 1. The minimum absolute atomic E-state index is 0.0132. The van der Waals surface area contributed by atoms with Crippen molar-refractivity contribution < 1.29 is 28.4 Å². The number of amides is 1. The van der Waals surface area contributed by atoms with E-state index in [-0.39, 0.29) is 27.4 Å². The number of ketones is 1. The minimum atomic E-state index is -1.83. The highest BCUT2D eigenvalue weighted by atomic mass is 35.5. The summed E-state index contributed by atoms with van der Waals surface area (Å²) in [6.45, 7) is 1.55. The smallest absolute Gasteiger partial charge is 0.338 e. The molecule has 3 aromatic carbocycles. The first-order valence-electron chi connectivity index (χ1n) is 12.4. The van der Waals surface area contributed by atoms with Crippen LogP contribution in [-0.4, -0.2) is 41.8 Å². The molecule has 212 valence electrons. The van der Waals surface area contributed by atoms with Crippen LogP contribution in [-0.2, 0) is 15.1 Å². The second kappa shape index (κ2) is 10.4. The number of carbonyl (C=O) groups is 3. The zero-order valence-electron chi connectivity index (χ0n) is 21.7. The fourth-order valence-corrected chi connectivity index (χ4v) is 6.30. The van der Waals surface area contributed by atoms with Crippen molar-refractivity contribution in [2.45, 2.75) is 36.9 Å². The molecule has 1 fully saturated rings. The number of carbonyl (C=O) groups excluding carboxylic acids is 3. The molecule has 2 heterocycles.